The number of carbonyl (C=O) groups is 2. The lowest BCUT2D eigenvalue weighted by Gasteiger charge is -2.20. The Labute approximate surface area is 209 Å². The van der Waals surface area contributed by atoms with Crippen molar-refractivity contribution in [2.24, 2.45) is 0 Å². The zero-order chi connectivity index (χ0) is 25.6. The summed E-state index contributed by atoms with van der Waals surface area (Å²) in [7, 11) is 0. The zero-order valence-corrected chi connectivity index (χ0v) is 21.6. The van der Waals surface area contributed by atoms with Gasteiger partial charge in [-0.15, -0.1) is 11.3 Å². The third-order valence-electron chi connectivity index (χ3n) is 5.06. The molecule has 2 aromatic heterocycles. The maximum Gasteiger partial charge on any atom is 0.254 e. The molecule has 0 spiro atoms. The van der Waals surface area contributed by atoms with E-state index in [0.717, 1.165) is 15.9 Å². The van der Waals surface area contributed by atoms with Crippen LogP contribution in [0.4, 0.5) is 17.2 Å². The molecule has 188 valence electrons. The van der Waals surface area contributed by atoms with Gasteiger partial charge in [0.15, 0.2) is 0 Å². The Hall–Kier alpha value is -3.24. The zero-order valence-electron chi connectivity index (χ0n) is 20.8. The number of amides is 2. The van der Waals surface area contributed by atoms with Gasteiger partial charge in [-0.05, 0) is 59.2 Å². The van der Waals surface area contributed by atoms with Crippen LogP contribution in [0.25, 0.3) is 10.2 Å². The van der Waals surface area contributed by atoms with Gasteiger partial charge < -0.3 is 26.4 Å². The SMILES string of the molecule is CC(C)Nc1cc(Nc2ccc3ncsc3c2)ncc1C(=O)NCC[C@H](C)NC(=O)CC(C)(C)O. The minimum Gasteiger partial charge on any atom is -0.390 e. The monoisotopic (exact) mass is 498 g/mol. The predicted molar refractivity (Wildman–Crippen MR) is 141 cm³/mol. The van der Waals surface area contributed by atoms with E-state index in [4.69, 9.17) is 0 Å². The van der Waals surface area contributed by atoms with E-state index >= 15 is 0 Å². The number of anilines is 3. The molecule has 0 aliphatic heterocycles. The van der Waals surface area contributed by atoms with Crippen LogP contribution in [0.3, 0.4) is 0 Å². The molecule has 10 heteroatoms. The molecule has 2 amide bonds. The van der Waals surface area contributed by atoms with Crippen LogP contribution < -0.4 is 21.3 Å². The molecule has 0 bridgehead atoms. The first kappa shape index (κ1) is 26.4. The Balaban J connectivity index is 1.62. The van der Waals surface area contributed by atoms with Crippen molar-refractivity contribution in [1.82, 2.24) is 20.6 Å². The van der Waals surface area contributed by atoms with Crippen LogP contribution in [-0.2, 0) is 4.79 Å². The summed E-state index contributed by atoms with van der Waals surface area (Å²) in [6.07, 6.45) is 2.14. The molecule has 0 saturated heterocycles. The molecule has 0 unspecified atom stereocenters. The number of rotatable bonds is 11. The molecule has 0 aliphatic rings. The third-order valence-corrected chi connectivity index (χ3v) is 5.85. The molecule has 35 heavy (non-hydrogen) atoms. The number of fused-ring (bicyclic) bond motifs is 1. The topological polar surface area (TPSA) is 128 Å². The van der Waals surface area contributed by atoms with Crippen molar-refractivity contribution in [3.8, 4) is 0 Å². The molecule has 2 heterocycles. The number of carbonyl (C=O) groups excluding carboxylic acids is 2. The van der Waals surface area contributed by atoms with Crippen LogP contribution in [0.2, 0.25) is 0 Å². The van der Waals surface area contributed by atoms with E-state index in [2.05, 4.69) is 31.2 Å². The molecule has 3 aromatic rings. The van der Waals surface area contributed by atoms with Crippen molar-refractivity contribution in [2.75, 3.05) is 17.2 Å². The van der Waals surface area contributed by atoms with Gasteiger partial charge in [0.1, 0.15) is 5.82 Å². The highest BCUT2D eigenvalue weighted by molar-refractivity contribution is 7.16. The van der Waals surface area contributed by atoms with Crippen molar-refractivity contribution in [3.05, 3.63) is 41.5 Å². The standard InChI is InChI=1S/C25H34N6O3S/c1-15(2)29-20-11-22(31-17-6-7-19-21(10-17)35-14-28-19)27-13-18(20)24(33)26-9-8-16(3)30-23(32)12-25(4,5)34/h6-7,10-11,13-16,34H,8-9,12H2,1-5H3,(H,26,33)(H,30,32)(H2,27,29,31)/t16-/m0/s1. The molecule has 9 nitrogen and oxygen atoms in total. The minimum absolute atomic E-state index is 0.0258. The molecule has 0 saturated carbocycles. The summed E-state index contributed by atoms with van der Waals surface area (Å²) < 4.78 is 1.08. The van der Waals surface area contributed by atoms with Crippen molar-refractivity contribution in [2.45, 2.75) is 65.1 Å². The molecule has 0 aliphatic carbocycles. The first-order chi connectivity index (χ1) is 16.5. The molecular formula is C25H34N6O3S. The van der Waals surface area contributed by atoms with Crippen molar-refractivity contribution in [1.29, 1.82) is 0 Å². The van der Waals surface area contributed by atoms with Crippen LogP contribution in [0.5, 0.6) is 0 Å². The summed E-state index contributed by atoms with van der Waals surface area (Å²) in [4.78, 5) is 33.6. The molecule has 3 rings (SSSR count). The summed E-state index contributed by atoms with van der Waals surface area (Å²) >= 11 is 1.57. The number of pyridine rings is 1. The highest BCUT2D eigenvalue weighted by Gasteiger charge is 2.19. The van der Waals surface area contributed by atoms with Crippen LogP contribution in [0.15, 0.2) is 36.0 Å². The van der Waals surface area contributed by atoms with Gasteiger partial charge in [-0.2, -0.15) is 0 Å². The fourth-order valence-corrected chi connectivity index (χ4v) is 4.22. The maximum atomic E-state index is 12.9. The van der Waals surface area contributed by atoms with Gasteiger partial charge in [-0.25, -0.2) is 9.97 Å². The number of benzene rings is 1. The second kappa shape index (κ2) is 11.5. The Morgan fingerprint density at radius 2 is 1.91 bits per heavy atom. The average molecular weight is 499 g/mol. The molecule has 1 atom stereocenters. The first-order valence-electron chi connectivity index (χ1n) is 11.7. The Bertz CT molecular complexity index is 1170. The fraction of sp³-hybridized carbons (Fsp3) is 0.440. The van der Waals surface area contributed by atoms with Crippen molar-refractivity contribution in [3.63, 3.8) is 0 Å². The number of aliphatic hydroxyl groups is 1. The largest absolute Gasteiger partial charge is 0.390 e. The molecule has 0 fully saturated rings. The maximum absolute atomic E-state index is 12.9. The van der Waals surface area contributed by atoms with E-state index in [9.17, 15) is 14.7 Å². The van der Waals surface area contributed by atoms with E-state index in [1.807, 2.05) is 50.5 Å². The lowest BCUT2D eigenvalue weighted by molar-refractivity contribution is -0.125. The third kappa shape index (κ3) is 8.18. The van der Waals surface area contributed by atoms with E-state index < -0.39 is 5.60 Å². The Kier molecular flexibility index (Phi) is 8.63. The van der Waals surface area contributed by atoms with E-state index in [1.54, 1.807) is 31.4 Å². The van der Waals surface area contributed by atoms with E-state index in [-0.39, 0.29) is 30.3 Å². The highest BCUT2D eigenvalue weighted by atomic mass is 32.1. The van der Waals surface area contributed by atoms with E-state index in [0.29, 0.717) is 30.0 Å². The molecule has 1 aromatic carbocycles. The number of hydrogen-bond acceptors (Lipinski definition) is 8. The highest BCUT2D eigenvalue weighted by Crippen LogP contribution is 2.26. The second-order valence-corrected chi connectivity index (χ2v) is 10.5. The summed E-state index contributed by atoms with van der Waals surface area (Å²) in [5.74, 6) is 0.159. The van der Waals surface area contributed by atoms with Gasteiger partial charge in [-0.1, -0.05) is 0 Å². The van der Waals surface area contributed by atoms with Gasteiger partial charge in [-0.3, -0.25) is 9.59 Å². The van der Waals surface area contributed by atoms with Crippen LogP contribution in [0.1, 0.15) is 57.8 Å². The lowest BCUT2D eigenvalue weighted by atomic mass is 10.0. The lowest BCUT2D eigenvalue weighted by Crippen LogP contribution is -2.39. The average Bonchev–Trinajstić information content (AvgIpc) is 3.19. The second-order valence-electron chi connectivity index (χ2n) is 9.58. The van der Waals surface area contributed by atoms with Gasteiger partial charge in [0.05, 0.1) is 39.0 Å². The van der Waals surface area contributed by atoms with Crippen LogP contribution in [0, 0.1) is 0 Å². The number of hydrogen-bond donors (Lipinski definition) is 5. The minimum atomic E-state index is -1.06. The van der Waals surface area contributed by atoms with Crippen LogP contribution >= 0.6 is 11.3 Å². The summed E-state index contributed by atoms with van der Waals surface area (Å²) in [5, 5.41) is 22.1. The molecule has 5 N–H and O–H groups in total. The van der Waals surface area contributed by atoms with Crippen molar-refractivity contribution >= 4 is 50.6 Å². The predicted octanol–water partition coefficient (Wildman–Crippen LogP) is 4.04. The van der Waals surface area contributed by atoms with Crippen molar-refractivity contribution < 1.29 is 14.7 Å². The smallest absolute Gasteiger partial charge is 0.254 e. The first-order valence-corrected chi connectivity index (χ1v) is 12.5. The van der Waals surface area contributed by atoms with E-state index in [1.165, 1.54) is 0 Å². The number of thiazole rings is 1. The summed E-state index contributed by atoms with van der Waals surface area (Å²) in [6.45, 7) is 9.45. The Morgan fingerprint density at radius 3 is 2.63 bits per heavy atom. The molecule has 0 radical (unpaired) electrons. The van der Waals surface area contributed by atoms with Crippen LogP contribution in [-0.4, -0.2) is 51.1 Å². The summed E-state index contributed by atoms with van der Waals surface area (Å²) in [5.41, 5.74) is 3.73. The van der Waals surface area contributed by atoms with Gasteiger partial charge in [0, 0.05) is 36.6 Å². The number of aromatic nitrogens is 2. The number of nitrogens with zero attached hydrogens (tertiary/aromatic N) is 2. The molecular weight excluding hydrogens is 464 g/mol. The summed E-state index contributed by atoms with van der Waals surface area (Å²) in [6, 6.07) is 7.73. The van der Waals surface area contributed by atoms with Gasteiger partial charge in [0.2, 0.25) is 5.91 Å². The quantitative estimate of drug-likeness (QED) is 0.270. The van der Waals surface area contributed by atoms with Gasteiger partial charge in [0.25, 0.3) is 5.91 Å². The Morgan fingerprint density at radius 1 is 1.14 bits per heavy atom. The number of nitrogens with one attached hydrogen (secondary N) is 4. The fourth-order valence-electron chi connectivity index (χ4n) is 3.50. The van der Waals surface area contributed by atoms with Gasteiger partial charge >= 0.3 is 0 Å². The normalized spacial score (nSPS) is 12.4.